The van der Waals surface area contributed by atoms with Crippen molar-refractivity contribution in [2.45, 2.75) is 18.3 Å². The van der Waals surface area contributed by atoms with Gasteiger partial charge in [-0.1, -0.05) is 18.2 Å². The normalized spacial score (nSPS) is 17.9. The molecule has 1 aromatic carbocycles. The van der Waals surface area contributed by atoms with Crippen molar-refractivity contribution in [2.24, 2.45) is 0 Å². The summed E-state index contributed by atoms with van der Waals surface area (Å²) in [6.45, 7) is 0.251. The molecule has 1 aliphatic rings. The van der Waals surface area contributed by atoms with Crippen LogP contribution in [0.5, 0.6) is 0 Å². The topological polar surface area (TPSA) is 33.1 Å². The van der Waals surface area contributed by atoms with Crippen molar-refractivity contribution in [2.75, 3.05) is 6.61 Å². The molecule has 1 aliphatic carbocycles. The zero-order valence-electron chi connectivity index (χ0n) is 8.48. The molecule has 2 aromatic rings. The summed E-state index contributed by atoms with van der Waals surface area (Å²) < 4.78 is 0. The van der Waals surface area contributed by atoms with E-state index in [0.717, 1.165) is 18.4 Å². The summed E-state index contributed by atoms with van der Waals surface area (Å²) in [5.41, 5.74) is 2.31. The largest absolute Gasteiger partial charge is 0.395 e. The molecule has 1 saturated carbocycles. The molecule has 1 aromatic heterocycles. The van der Waals surface area contributed by atoms with Crippen LogP contribution in [0.15, 0.2) is 36.5 Å². The fraction of sp³-hybridized carbons (Fsp3) is 0.308. The molecule has 0 saturated heterocycles. The van der Waals surface area contributed by atoms with E-state index in [1.54, 1.807) is 0 Å². The summed E-state index contributed by atoms with van der Waals surface area (Å²) in [6.07, 6.45) is 4.03. The smallest absolute Gasteiger partial charge is 0.0704 e. The molecule has 1 N–H and O–H groups in total. The Labute approximate surface area is 88.6 Å². The van der Waals surface area contributed by atoms with Gasteiger partial charge in [0.25, 0.3) is 0 Å². The predicted octanol–water partition coefficient (Wildman–Crippen LogP) is 2.26. The molecule has 2 heteroatoms. The predicted molar refractivity (Wildman–Crippen MR) is 59.7 cm³/mol. The minimum Gasteiger partial charge on any atom is -0.395 e. The van der Waals surface area contributed by atoms with Gasteiger partial charge in [0.2, 0.25) is 0 Å². The van der Waals surface area contributed by atoms with Crippen molar-refractivity contribution in [1.82, 2.24) is 4.98 Å². The Morgan fingerprint density at radius 3 is 2.73 bits per heavy atom. The van der Waals surface area contributed by atoms with Gasteiger partial charge in [0.15, 0.2) is 0 Å². The molecule has 0 bridgehead atoms. The number of hydrogen-bond acceptors (Lipinski definition) is 2. The van der Waals surface area contributed by atoms with Gasteiger partial charge < -0.3 is 5.11 Å². The van der Waals surface area contributed by atoms with E-state index in [0.29, 0.717) is 0 Å². The SMILES string of the molecule is OCC1(c2ccnc3ccccc23)CC1. The summed E-state index contributed by atoms with van der Waals surface area (Å²) in [5.74, 6) is 0. The lowest BCUT2D eigenvalue weighted by Gasteiger charge is -2.14. The van der Waals surface area contributed by atoms with E-state index in [1.807, 2.05) is 30.5 Å². The summed E-state index contributed by atoms with van der Waals surface area (Å²) in [5, 5.41) is 10.6. The average Bonchev–Trinajstić information content (AvgIpc) is 3.09. The number of aliphatic hydroxyl groups is 1. The molecule has 0 spiro atoms. The van der Waals surface area contributed by atoms with Gasteiger partial charge in [-0.05, 0) is 30.5 Å². The first-order chi connectivity index (χ1) is 7.36. The lowest BCUT2D eigenvalue weighted by Crippen LogP contribution is -2.12. The number of para-hydroxylation sites is 1. The van der Waals surface area contributed by atoms with Crippen molar-refractivity contribution < 1.29 is 5.11 Å². The Balaban J connectivity index is 2.27. The van der Waals surface area contributed by atoms with E-state index in [4.69, 9.17) is 0 Å². The Morgan fingerprint density at radius 2 is 2.00 bits per heavy atom. The monoisotopic (exact) mass is 199 g/mol. The van der Waals surface area contributed by atoms with Gasteiger partial charge >= 0.3 is 0 Å². The zero-order chi connectivity index (χ0) is 10.3. The first-order valence-corrected chi connectivity index (χ1v) is 5.31. The van der Waals surface area contributed by atoms with Gasteiger partial charge in [-0.25, -0.2) is 0 Å². The zero-order valence-corrected chi connectivity index (χ0v) is 8.48. The Morgan fingerprint density at radius 1 is 1.20 bits per heavy atom. The van der Waals surface area contributed by atoms with Crippen LogP contribution < -0.4 is 0 Å². The van der Waals surface area contributed by atoms with Gasteiger partial charge in [-0.3, -0.25) is 4.98 Å². The minimum atomic E-state index is 0.0303. The molecule has 0 aliphatic heterocycles. The highest BCUT2D eigenvalue weighted by Gasteiger charge is 2.44. The van der Waals surface area contributed by atoms with Crippen LogP contribution in [-0.2, 0) is 5.41 Å². The fourth-order valence-corrected chi connectivity index (χ4v) is 2.22. The highest BCUT2D eigenvalue weighted by molar-refractivity contribution is 5.83. The standard InChI is InChI=1S/C13H13NO/c15-9-13(6-7-13)11-5-8-14-12-4-2-1-3-10(11)12/h1-5,8,15H,6-7,9H2. The van der Waals surface area contributed by atoms with Gasteiger partial charge in [0.05, 0.1) is 12.1 Å². The number of fused-ring (bicyclic) bond motifs is 1. The van der Waals surface area contributed by atoms with Gasteiger partial charge in [0, 0.05) is 17.0 Å². The average molecular weight is 199 g/mol. The molecule has 1 fully saturated rings. The second-order valence-corrected chi connectivity index (χ2v) is 4.31. The maximum absolute atomic E-state index is 9.45. The van der Waals surface area contributed by atoms with Crippen molar-refractivity contribution in [3.8, 4) is 0 Å². The van der Waals surface area contributed by atoms with E-state index >= 15 is 0 Å². The van der Waals surface area contributed by atoms with Crippen LogP contribution >= 0.6 is 0 Å². The van der Waals surface area contributed by atoms with Crippen LogP contribution in [0.1, 0.15) is 18.4 Å². The number of rotatable bonds is 2. The molecule has 3 rings (SSSR count). The molecule has 0 radical (unpaired) electrons. The Hall–Kier alpha value is -1.41. The molecule has 2 nitrogen and oxygen atoms in total. The molecule has 0 amide bonds. The number of nitrogens with zero attached hydrogens (tertiary/aromatic N) is 1. The first kappa shape index (κ1) is 8.86. The number of pyridine rings is 1. The highest BCUT2D eigenvalue weighted by atomic mass is 16.3. The quantitative estimate of drug-likeness (QED) is 0.804. The van der Waals surface area contributed by atoms with Crippen LogP contribution in [0.25, 0.3) is 10.9 Å². The van der Waals surface area contributed by atoms with Crippen molar-refractivity contribution in [3.05, 3.63) is 42.1 Å². The summed E-state index contributed by atoms with van der Waals surface area (Å²) >= 11 is 0. The van der Waals surface area contributed by atoms with Crippen molar-refractivity contribution in [1.29, 1.82) is 0 Å². The van der Waals surface area contributed by atoms with Crippen LogP contribution in [0.2, 0.25) is 0 Å². The molecule has 1 heterocycles. The molecule has 76 valence electrons. The third-order valence-corrected chi connectivity index (χ3v) is 3.38. The summed E-state index contributed by atoms with van der Waals surface area (Å²) in [6, 6.07) is 10.2. The van der Waals surface area contributed by atoms with E-state index in [9.17, 15) is 5.11 Å². The van der Waals surface area contributed by atoms with Crippen LogP contribution in [0, 0.1) is 0 Å². The molecule has 15 heavy (non-hydrogen) atoms. The molecular weight excluding hydrogens is 186 g/mol. The lowest BCUT2D eigenvalue weighted by atomic mass is 9.94. The first-order valence-electron chi connectivity index (χ1n) is 5.31. The lowest BCUT2D eigenvalue weighted by molar-refractivity contribution is 0.256. The van der Waals surface area contributed by atoms with Crippen LogP contribution in [-0.4, -0.2) is 16.7 Å². The molecule has 0 atom stereocenters. The summed E-state index contributed by atoms with van der Waals surface area (Å²) in [4.78, 5) is 4.34. The van der Waals surface area contributed by atoms with Gasteiger partial charge in [-0.2, -0.15) is 0 Å². The number of aromatic nitrogens is 1. The highest BCUT2D eigenvalue weighted by Crippen LogP contribution is 2.49. The van der Waals surface area contributed by atoms with E-state index in [2.05, 4.69) is 11.1 Å². The Kier molecular flexibility index (Phi) is 1.80. The minimum absolute atomic E-state index is 0.0303. The Bertz CT molecular complexity index is 497. The number of hydrogen-bond donors (Lipinski definition) is 1. The molecular formula is C13H13NO. The molecule has 0 unspecified atom stereocenters. The third-order valence-electron chi connectivity index (χ3n) is 3.38. The third kappa shape index (κ3) is 1.25. The van der Waals surface area contributed by atoms with Crippen LogP contribution in [0.3, 0.4) is 0 Å². The van der Waals surface area contributed by atoms with E-state index in [-0.39, 0.29) is 12.0 Å². The van der Waals surface area contributed by atoms with E-state index in [1.165, 1.54) is 10.9 Å². The number of aliphatic hydroxyl groups excluding tert-OH is 1. The summed E-state index contributed by atoms with van der Waals surface area (Å²) in [7, 11) is 0. The van der Waals surface area contributed by atoms with E-state index < -0.39 is 0 Å². The maximum Gasteiger partial charge on any atom is 0.0704 e. The second-order valence-electron chi connectivity index (χ2n) is 4.31. The maximum atomic E-state index is 9.45. The fourth-order valence-electron chi connectivity index (χ4n) is 2.22. The van der Waals surface area contributed by atoms with Crippen molar-refractivity contribution >= 4 is 10.9 Å². The van der Waals surface area contributed by atoms with Crippen molar-refractivity contribution in [3.63, 3.8) is 0 Å². The van der Waals surface area contributed by atoms with Gasteiger partial charge in [-0.15, -0.1) is 0 Å². The number of benzene rings is 1. The van der Waals surface area contributed by atoms with Gasteiger partial charge in [0.1, 0.15) is 0 Å². The second kappa shape index (κ2) is 3.04. The van der Waals surface area contributed by atoms with Crippen LogP contribution in [0.4, 0.5) is 0 Å².